The van der Waals surface area contributed by atoms with Crippen molar-refractivity contribution in [1.82, 2.24) is 10.3 Å². The Morgan fingerprint density at radius 1 is 1.33 bits per heavy atom. The molecule has 4 nitrogen and oxygen atoms in total. The van der Waals surface area contributed by atoms with E-state index < -0.39 is 0 Å². The van der Waals surface area contributed by atoms with Crippen molar-refractivity contribution in [1.29, 1.82) is 5.26 Å². The molecule has 0 unspecified atom stereocenters. The molecule has 2 aromatic rings. The van der Waals surface area contributed by atoms with Crippen molar-refractivity contribution in [3.63, 3.8) is 0 Å². The SMILES string of the molecule is Cc1[nH]c2ccccc2c1/C=C(\C#N)C(=O)N[C@H]1CCCC[C@H]1C. The minimum Gasteiger partial charge on any atom is -0.358 e. The summed E-state index contributed by atoms with van der Waals surface area (Å²) >= 11 is 0. The number of benzene rings is 1. The number of rotatable bonds is 3. The predicted molar refractivity (Wildman–Crippen MR) is 96.2 cm³/mol. The van der Waals surface area contributed by atoms with E-state index in [-0.39, 0.29) is 17.5 Å². The van der Waals surface area contributed by atoms with Crippen LogP contribution in [0.25, 0.3) is 17.0 Å². The van der Waals surface area contributed by atoms with Crippen LogP contribution in [0.15, 0.2) is 29.8 Å². The van der Waals surface area contributed by atoms with Gasteiger partial charge in [-0.3, -0.25) is 4.79 Å². The molecule has 1 saturated carbocycles. The number of fused-ring (bicyclic) bond motifs is 1. The lowest BCUT2D eigenvalue weighted by Gasteiger charge is -2.29. The number of aromatic amines is 1. The minimum absolute atomic E-state index is 0.167. The van der Waals surface area contributed by atoms with Gasteiger partial charge in [-0.25, -0.2) is 0 Å². The summed E-state index contributed by atoms with van der Waals surface area (Å²) in [6.07, 6.45) is 6.21. The van der Waals surface area contributed by atoms with Gasteiger partial charge in [-0.15, -0.1) is 0 Å². The first-order valence-electron chi connectivity index (χ1n) is 8.60. The summed E-state index contributed by atoms with van der Waals surface area (Å²) in [4.78, 5) is 15.8. The maximum atomic E-state index is 12.5. The summed E-state index contributed by atoms with van der Waals surface area (Å²) in [7, 11) is 0. The standard InChI is InChI=1S/C20H23N3O/c1-13-7-3-5-9-18(13)23-20(24)15(12-21)11-17-14(2)22-19-10-6-4-8-16(17)19/h4,6,8,10-11,13,18,22H,3,5,7,9H2,1-2H3,(H,23,24)/b15-11+/t13-,18+/m1/s1. The Bertz CT molecular complexity index is 825. The highest BCUT2D eigenvalue weighted by Crippen LogP contribution is 2.26. The van der Waals surface area contributed by atoms with Gasteiger partial charge in [0.1, 0.15) is 11.6 Å². The molecule has 0 bridgehead atoms. The van der Waals surface area contributed by atoms with E-state index in [9.17, 15) is 10.1 Å². The molecule has 4 heteroatoms. The second kappa shape index (κ2) is 6.92. The fraction of sp³-hybridized carbons (Fsp3) is 0.400. The highest BCUT2D eigenvalue weighted by atomic mass is 16.1. The molecule has 0 saturated heterocycles. The van der Waals surface area contributed by atoms with E-state index >= 15 is 0 Å². The number of carbonyl (C=O) groups is 1. The molecule has 1 fully saturated rings. The number of nitrogens with zero attached hydrogens (tertiary/aromatic N) is 1. The normalized spacial score (nSPS) is 21.5. The average Bonchev–Trinajstić information content (AvgIpc) is 2.90. The molecule has 1 aliphatic rings. The van der Waals surface area contributed by atoms with Crippen molar-refractivity contribution in [3.05, 3.63) is 41.1 Å². The molecule has 0 spiro atoms. The maximum absolute atomic E-state index is 12.5. The van der Waals surface area contributed by atoms with E-state index in [0.29, 0.717) is 5.92 Å². The molecule has 2 N–H and O–H groups in total. The zero-order valence-corrected chi connectivity index (χ0v) is 14.2. The van der Waals surface area contributed by atoms with Gasteiger partial charge in [-0.1, -0.05) is 38.0 Å². The zero-order valence-electron chi connectivity index (χ0n) is 14.2. The highest BCUT2D eigenvalue weighted by molar-refractivity contribution is 6.04. The molecule has 24 heavy (non-hydrogen) atoms. The molecular formula is C20H23N3O. The molecule has 1 heterocycles. The van der Waals surface area contributed by atoms with Gasteiger partial charge in [0, 0.05) is 28.2 Å². The number of para-hydroxylation sites is 1. The third-order valence-corrected chi connectivity index (χ3v) is 5.03. The summed E-state index contributed by atoms with van der Waals surface area (Å²) in [6, 6.07) is 10.2. The largest absolute Gasteiger partial charge is 0.358 e. The molecule has 124 valence electrons. The van der Waals surface area contributed by atoms with Crippen molar-refractivity contribution in [3.8, 4) is 6.07 Å². The number of nitrogens with one attached hydrogen (secondary N) is 2. The first-order chi connectivity index (χ1) is 11.6. The number of amides is 1. The Kier molecular flexibility index (Phi) is 4.71. The monoisotopic (exact) mass is 321 g/mol. The van der Waals surface area contributed by atoms with Gasteiger partial charge < -0.3 is 10.3 Å². The van der Waals surface area contributed by atoms with Crippen LogP contribution in [0, 0.1) is 24.2 Å². The number of hydrogen-bond acceptors (Lipinski definition) is 2. The third kappa shape index (κ3) is 3.21. The number of hydrogen-bond donors (Lipinski definition) is 2. The van der Waals surface area contributed by atoms with Crippen LogP contribution in [-0.2, 0) is 4.79 Å². The lowest BCUT2D eigenvalue weighted by Crippen LogP contribution is -2.41. The molecule has 1 aliphatic carbocycles. The van der Waals surface area contributed by atoms with Crippen LogP contribution >= 0.6 is 0 Å². The number of H-pyrrole nitrogens is 1. The Morgan fingerprint density at radius 3 is 2.83 bits per heavy atom. The molecule has 1 amide bonds. The molecule has 0 radical (unpaired) electrons. The van der Waals surface area contributed by atoms with Crippen LogP contribution in [0.3, 0.4) is 0 Å². The van der Waals surface area contributed by atoms with Gasteiger partial charge in [0.2, 0.25) is 0 Å². The van der Waals surface area contributed by atoms with Gasteiger partial charge in [-0.05, 0) is 37.8 Å². The lowest BCUT2D eigenvalue weighted by atomic mass is 9.86. The van der Waals surface area contributed by atoms with Crippen molar-refractivity contribution in [2.75, 3.05) is 0 Å². The average molecular weight is 321 g/mol. The van der Waals surface area contributed by atoms with Crippen molar-refractivity contribution in [2.45, 2.75) is 45.6 Å². The van der Waals surface area contributed by atoms with Crippen molar-refractivity contribution >= 4 is 22.9 Å². The first-order valence-corrected chi connectivity index (χ1v) is 8.60. The van der Waals surface area contributed by atoms with Crippen molar-refractivity contribution in [2.24, 2.45) is 5.92 Å². The van der Waals surface area contributed by atoms with Crippen LogP contribution in [-0.4, -0.2) is 16.9 Å². The van der Waals surface area contributed by atoms with Crippen LogP contribution in [0.4, 0.5) is 0 Å². The smallest absolute Gasteiger partial charge is 0.262 e. The first kappa shape index (κ1) is 16.3. The van der Waals surface area contributed by atoms with Crippen LogP contribution in [0.2, 0.25) is 0 Å². The number of aromatic nitrogens is 1. The second-order valence-corrected chi connectivity index (χ2v) is 6.72. The lowest BCUT2D eigenvalue weighted by molar-refractivity contribution is -0.118. The summed E-state index contributed by atoms with van der Waals surface area (Å²) in [5.74, 6) is 0.207. The summed E-state index contributed by atoms with van der Waals surface area (Å²) in [5.41, 5.74) is 3.05. The van der Waals surface area contributed by atoms with E-state index in [1.165, 1.54) is 6.42 Å². The Hall–Kier alpha value is -2.54. The van der Waals surface area contributed by atoms with E-state index in [4.69, 9.17) is 0 Å². The van der Waals surface area contributed by atoms with Crippen LogP contribution < -0.4 is 5.32 Å². The maximum Gasteiger partial charge on any atom is 0.262 e. The van der Waals surface area contributed by atoms with Gasteiger partial charge >= 0.3 is 0 Å². The Balaban J connectivity index is 1.87. The van der Waals surface area contributed by atoms with Crippen LogP contribution in [0.1, 0.15) is 43.9 Å². The fourth-order valence-corrected chi connectivity index (χ4v) is 3.55. The number of carbonyl (C=O) groups excluding carboxylic acids is 1. The minimum atomic E-state index is -0.263. The summed E-state index contributed by atoms with van der Waals surface area (Å²) in [6.45, 7) is 4.13. The van der Waals surface area contributed by atoms with Gasteiger partial charge in [0.05, 0.1) is 0 Å². The third-order valence-electron chi connectivity index (χ3n) is 5.03. The second-order valence-electron chi connectivity index (χ2n) is 6.72. The molecular weight excluding hydrogens is 298 g/mol. The zero-order chi connectivity index (χ0) is 17.1. The Morgan fingerprint density at radius 2 is 2.08 bits per heavy atom. The quantitative estimate of drug-likeness (QED) is 0.660. The molecule has 2 atom stereocenters. The summed E-state index contributed by atoms with van der Waals surface area (Å²) < 4.78 is 0. The van der Waals surface area contributed by atoms with Gasteiger partial charge in [-0.2, -0.15) is 5.26 Å². The van der Waals surface area contributed by atoms with Crippen molar-refractivity contribution < 1.29 is 4.79 Å². The van der Waals surface area contributed by atoms with Gasteiger partial charge in [0.25, 0.3) is 5.91 Å². The van der Waals surface area contributed by atoms with E-state index in [0.717, 1.165) is 41.4 Å². The highest BCUT2D eigenvalue weighted by Gasteiger charge is 2.24. The van der Waals surface area contributed by atoms with E-state index in [2.05, 4.69) is 23.3 Å². The molecule has 0 aliphatic heterocycles. The molecule has 1 aromatic heterocycles. The van der Waals surface area contributed by atoms with E-state index in [1.54, 1.807) is 6.08 Å². The van der Waals surface area contributed by atoms with Crippen LogP contribution in [0.5, 0.6) is 0 Å². The molecule has 1 aromatic carbocycles. The topological polar surface area (TPSA) is 68.7 Å². The fourth-order valence-electron chi connectivity index (χ4n) is 3.55. The van der Waals surface area contributed by atoms with Gasteiger partial charge in [0.15, 0.2) is 0 Å². The Labute approximate surface area is 142 Å². The predicted octanol–water partition coefficient (Wildman–Crippen LogP) is 4.08. The summed E-state index contributed by atoms with van der Waals surface area (Å²) in [5, 5.41) is 13.6. The number of aryl methyl sites for hydroxylation is 1. The van der Waals surface area contributed by atoms with E-state index in [1.807, 2.05) is 31.2 Å². The number of nitriles is 1. The molecule has 3 rings (SSSR count).